The Morgan fingerprint density at radius 1 is 1.52 bits per heavy atom. The van der Waals surface area contributed by atoms with Crippen molar-refractivity contribution in [1.29, 1.82) is 0 Å². The molecule has 1 atom stereocenters. The van der Waals surface area contributed by atoms with E-state index in [0.717, 1.165) is 30.6 Å². The van der Waals surface area contributed by atoms with Crippen molar-refractivity contribution in [3.63, 3.8) is 0 Å². The highest BCUT2D eigenvalue weighted by molar-refractivity contribution is 7.89. The number of hydrogen-bond acceptors (Lipinski definition) is 6. The Labute approximate surface area is 134 Å². The Bertz CT molecular complexity index is 588. The second-order valence-electron chi connectivity index (χ2n) is 4.64. The Morgan fingerprint density at radius 2 is 2.24 bits per heavy atom. The molecule has 0 spiro atoms. The van der Waals surface area contributed by atoms with Crippen LogP contribution in [0.4, 0.5) is 0 Å². The summed E-state index contributed by atoms with van der Waals surface area (Å²) < 4.78 is 31.3. The number of ether oxygens (including phenoxy) is 1. The highest BCUT2D eigenvalue weighted by atomic mass is 35.5. The summed E-state index contributed by atoms with van der Waals surface area (Å²) in [5, 5.41) is 1.48. The van der Waals surface area contributed by atoms with Crippen molar-refractivity contribution in [2.75, 3.05) is 20.2 Å². The van der Waals surface area contributed by atoms with E-state index >= 15 is 0 Å². The summed E-state index contributed by atoms with van der Waals surface area (Å²) in [6, 6.07) is 1.21. The molecule has 6 nitrogen and oxygen atoms in total. The molecule has 1 saturated heterocycles. The Morgan fingerprint density at radius 3 is 2.86 bits per heavy atom. The minimum Gasteiger partial charge on any atom is -0.465 e. The van der Waals surface area contributed by atoms with Crippen LogP contribution in [0.15, 0.2) is 16.3 Å². The number of sulfonamides is 1. The molecule has 0 aliphatic carbocycles. The maximum absolute atomic E-state index is 12.6. The van der Waals surface area contributed by atoms with Crippen molar-refractivity contribution >= 4 is 39.7 Å². The van der Waals surface area contributed by atoms with Gasteiger partial charge in [-0.05, 0) is 18.9 Å². The maximum atomic E-state index is 12.6. The van der Waals surface area contributed by atoms with Crippen LogP contribution >= 0.6 is 23.7 Å². The van der Waals surface area contributed by atoms with Crippen molar-refractivity contribution < 1.29 is 17.9 Å². The van der Waals surface area contributed by atoms with Gasteiger partial charge in [0, 0.05) is 24.5 Å². The Kier molecular flexibility index (Phi) is 6.61. The lowest BCUT2D eigenvalue weighted by Crippen LogP contribution is -2.47. The van der Waals surface area contributed by atoms with Gasteiger partial charge < -0.3 is 10.5 Å². The number of thiophene rings is 1. The zero-order chi connectivity index (χ0) is 14.8. The number of hydrogen-bond donors (Lipinski definition) is 1. The second-order valence-corrected chi connectivity index (χ2v) is 7.44. The minimum absolute atomic E-state index is 0. The van der Waals surface area contributed by atoms with Gasteiger partial charge >= 0.3 is 5.97 Å². The molecule has 1 fully saturated rings. The first kappa shape index (κ1) is 18.4. The van der Waals surface area contributed by atoms with E-state index in [-0.39, 0.29) is 28.2 Å². The second kappa shape index (κ2) is 7.55. The molecule has 1 unspecified atom stereocenters. The molecule has 0 aromatic carbocycles. The van der Waals surface area contributed by atoms with Crippen molar-refractivity contribution in [1.82, 2.24) is 4.31 Å². The molecule has 2 heterocycles. The first-order valence-electron chi connectivity index (χ1n) is 6.39. The highest BCUT2D eigenvalue weighted by Gasteiger charge is 2.33. The van der Waals surface area contributed by atoms with Gasteiger partial charge in [-0.1, -0.05) is 6.42 Å². The van der Waals surface area contributed by atoms with Gasteiger partial charge in [0.25, 0.3) is 0 Å². The molecule has 1 aliphatic heterocycles. The summed E-state index contributed by atoms with van der Waals surface area (Å²) in [6.07, 6.45) is 2.61. The third kappa shape index (κ3) is 3.75. The largest absolute Gasteiger partial charge is 0.465 e. The molecule has 0 saturated carbocycles. The lowest BCUT2D eigenvalue weighted by Gasteiger charge is -2.33. The van der Waals surface area contributed by atoms with Crippen LogP contribution in [0.1, 0.15) is 28.9 Å². The molecule has 0 radical (unpaired) electrons. The van der Waals surface area contributed by atoms with Gasteiger partial charge in [0.2, 0.25) is 10.0 Å². The lowest BCUT2D eigenvalue weighted by atomic mass is 10.1. The van der Waals surface area contributed by atoms with E-state index in [4.69, 9.17) is 5.73 Å². The fourth-order valence-corrected chi connectivity index (χ4v) is 5.21. The van der Waals surface area contributed by atoms with Crippen LogP contribution in [0.2, 0.25) is 0 Å². The molecule has 1 aromatic rings. The van der Waals surface area contributed by atoms with Gasteiger partial charge in [-0.25, -0.2) is 13.2 Å². The van der Waals surface area contributed by atoms with E-state index < -0.39 is 16.0 Å². The topological polar surface area (TPSA) is 89.7 Å². The average molecular weight is 355 g/mol. The molecule has 0 bridgehead atoms. The van der Waals surface area contributed by atoms with Crippen LogP contribution in [-0.4, -0.2) is 44.9 Å². The van der Waals surface area contributed by atoms with Gasteiger partial charge in [0.1, 0.15) is 4.88 Å². The van der Waals surface area contributed by atoms with Crippen molar-refractivity contribution in [2.24, 2.45) is 5.73 Å². The summed E-state index contributed by atoms with van der Waals surface area (Å²) >= 11 is 1.07. The number of esters is 1. The quantitative estimate of drug-likeness (QED) is 0.827. The van der Waals surface area contributed by atoms with E-state index in [0.29, 0.717) is 13.1 Å². The number of rotatable bonds is 4. The number of nitrogens with zero attached hydrogens (tertiary/aromatic N) is 1. The van der Waals surface area contributed by atoms with Gasteiger partial charge in [-0.2, -0.15) is 4.31 Å². The molecule has 120 valence electrons. The fraction of sp³-hybridized carbons (Fsp3) is 0.583. The first-order chi connectivity index (χ1) is 9.50. The first-order valence-corrected chi connectivity index (χ1v) is 8.71. The van der Waals surface area contributed by atoms with Crippen LogP contribution in [-0.2, 0) is 14.8 Å². The summed E-state index contributed by atoms with van der Waals surface area (Å²) in [7, 11) is -2.32. The molecule has 2 rings (SSSR count). The third-order valence-corrected chi connectivity index (χ3v) is 6.40. The fourth-order valence-electron chi connectivity index (χ4n) is 2.32. The lowest BCUT2D eigenvalue weighted by molar-refractivity contribution is 0.0606. The number of nitrogens with two attached hydrogens (primary N) is 1. The smallest absolute Gasteiger partial charge is 0.348 e. The number of carbonyl (C=O) groups is 1. The summed E-state index contributed by atoms with van der Waals surface area (Å²) in [4.78, 5) is 11.8. The van der Waals surface area contributed by atoms with Crippen LogP contribution in [0, 0.1) is 0 Å². The average Bonchev–Trinajstić information content (AvgIpc) is 2.97. The Balaban J connectivity index is 0.00000220. The van der Waals surface area contributed by atoms with E-state index in [1.807, 2.05) is 0 Å². The van der Waals surface area contributed by atoms with Crippen LogP contribution < -0.4 is 5.73 Å². The van der Waals surface area contributed by atoms with Gasteiger partial charge in [-0.3, -0.25) is 0 Å². The highest BCUT2D eigenvalue weighted by Crippen LogP contribution is 2.28. The van der Waals surface area contributed by atoms with Crippen molar-refractivity contribution in [3.05, 3.63) is 16.3 Å². The monoisotopic (exact) mass is 354 g/mol. The van der Waals surface area contributed by atoms with Crippen LogP contribution in [0.3, 0.4) is 0 Å². The summed E-state index contributed by atoms with van der Waals surface area (Å²) in [5.74, 6) is -0.523. The van der Waals surface area contributed by atoms with E-state index in [2.05, 4.69) is 4.74 Å². The molecular weight excluding hydrogens is 336 g/mol. The van der Waals surface area contributed by atoms with E-state index in [1.54, 1.807) is 0 Å². The van der Waals surface area contributed by atoms with Crippen LogP contribution in [0.5, 0.6) is 0 Å². The summed E-state index contributed by atoms with van der Waals surface area (Å²) in [5.41, 5.74) is 5.67. The van der Waals surface area contributed by atoms with Gasteiger partial charge in [0.15, 0.2) is 0 Å². The van der Waals surface area contributed by atoms with Gasteiger partial charge in [0.05, 0.1) is 12.0 Å². The molecule has 1 aromatic heterocycles. The predicted octanol–water partition coefficient (Wildman–Crippen LogP) is 1.46. The van der Waals surface area contributed by atoms with E-state index in [9.17, 15) is 13.2 Å². The SMILES string of the molecule is COC(=O)c1cc(S(=O)(=O)N2CCCCC2CN)cs1.Cl. The molecular formula is C12H19ClN2O4S2. The zero-order valence-corrected chi connectivity index (χ0v) is 14.1. The normalized spacial score (nSPS) is 19.8. The molecule has 9 heteroatoms. The number of carbonyl (C=O) groups excluding carboxylic acids is 1. The molecule has 21 heavy (non-hydrogen) atoms. The van der Waals surface area contributed by atoms with E-state index in [1.165, 1.54) is 22.9 Å². The number of halogens is 1. The van der Waals surface area contributed by atoms with Crippen LogP contribution in [0.25, 0.3) is 0 Å². The molecule has 0 amide bonds. The Hall–Kier alpha value is -0.670. The summed E-state index contributed by atoms with van der Waals surface area (Å²) in [6.45, 7) is 0.792. The van der Waals surface area contributed by atoms with Crippen molar-refractivity contribution in [3.8, 4) is 0 Å². The zero-order valence-electron chi connectivity index (χ0n) is 11.6. The maximum Gasteiger partial charge on any atom is 0.348 e. The third-order valence-electron chi connectivity index (χ3n) is 3.41. The molecule has 2 N–H and O–H groups in total. The number of methoxy groups -OCH3 is 1. The van der Waals surface area contributed by atoms with Gasteiger partial charge in [-0.15, -0.1) is 23.7 Å². The standard InChI is InChI=1S/C12H18N2O4S2.ClH/c1-18-12(15)11-6-10(8-19-11)20(16,17)14-5-3-2-4-9(14)7-13;/h6,8-9H,2-5,7,13H2,1H3;1H. The number of piperidine rings is 1. The predicted molar refractivity (Wildman–Crippen MR) is 83.5 cm³/mol. The van der Waals surface area contributed by atoms with Crippen molar-refractivity contribution in [2.45, 2.75) is 30.2 Å². The minimum atomic E-state index is -3.59. The molecule has 1 aliphatic rings.